The summed E-state index contributed by atoms with van der Waals surface area (Å²) in [6.07, 6.45) is 0. The maximum absolute atomic E-state index is 9.26. The third-order valence-electron chi connectivity index (χ3n) is 3.18. The topological polar surface area (TPSA) is 39.1 Å². The molecule has 17 heavy (non-hydrogen) atoms. The average molecular weight is 294 g/mol. The first-order valence-corrected chi connectivity index (χ1v) is 6.61. The van der Waals surface area contributed by atoms with E-state index in [9.17, 15) is 5.26 Å². The molecule has 4 heteroatoms. The minimum atomic E-state index is 0.410. The Hall–Kier alpha value is -1.05. The summed E-state index contributed by atoms with van der Waals surface area (Å²) in [5.41, 5.74) is 1.76. The smallest absolute Gasteiger partial charge is 0.103 e. The number of hydrogen-bond acceptors (Lipinski definition) is 3. The predicted octanol–water partition coefficient (Wildman–Crippen LogP) is 2.51. The molecule has 1 aromatic rings. The second-order valence-electron chi connectivity index (χ2n) is 4.56. The van der Waals surface area contributed by atoms with Crippen LogP contribution in [-0.4, -0.2) is 25.2 Å². The summed E-state index contributed by atoms with van der Waals surface area (Å²) in [6.45, 7) is 6.24. The zero-order valence-electron chi connectivity index (χ0n) is 10.1. The Morgan fingerprint density at radius 3 is 2.94 bits per heavy atom. The molecule has 2 rings (SSSR count). The molecule has 0 bridgehead atoms. The molecule has 0 aliphatic carbocycles. The van der Waals surface area contributed by atoms with E-state index in [1.54, 1.807) is 0 Å². The van der Waals surface area contributed by atoms with Crippen LogP contribution >= 0.6 is 15.9 Å². The van der Waals surface area contributed by atoms with Gasteiger partial charge in [-0.2, -0.15) is 5.26 Å². The van der Waals surface area contributed by atoms with Crippen molar-refractivity contribution in [2.45, 2.75) is 25.9 Å². The molecule has 1 saturated heterocycles. The first-order chi connectivity index (χ1) is 8.13. The van der Waals surface area contributed by atoms with Gasteiger partial charge < -0.3 is 10.2 Å². The molecule has 90 valence electrons. The monoisotopic (exact) mass is 293 g/mol. The van der Waals surface area contributed by atoms with E-state index in [1.165, 1.54) is 0 Å². The Balaban J connectivity index is 2.39. The van der Waals surface area contributed by atoms with E-state index < -0.39 is 0 Å². The van der Waals surface area contributed by atoms with E-state index in [1.807, 2.05) is 18.2 Å². The fourth-order valence-electron chi connectivity index (χ4n) is 2.22. The van der Waals surface area contributed by atoms with Crippen LogP contribution in [0.5, 0.6) is 0 Å². The van der Waals surface area contributed by atoms with E-state index in [0.717, 1.165) is 28.8 Å². The largest absolute Gasteiger partial charge is 0.365 e. The highest BCUT2D eigenvalue weighted by Crippen LogP contribution is 2.29. The van der Waals surface area contributed by atoms with Gasteiger partial charge in [0, 0.05) is 29.6 Å². The second-order valence-corrected chi connectivity index (χ2v) is 5.41. The predicted molar refractivity (Wildman–Crippen MR) is 73.1 cm³/mol. The van der Waals surface area contributed by atoms with E-state index in [2.05, 4.69) is 46.1 Å². The number of nitriles is 1. The van der Waals surface area contributed by atoms with E-state index in [-0.39, 0.29) is 0 Å². The number of nitrogens with zero attached hydrogens (tertiary/aromatic N) is 2. The summed E-state index contributed by atoms with van der Waals surface area (Å²) in [7, 11) is 0. The van der Waals surface area contributed by atoms with Gasteiger partial charge >= 0.3 is 0 Å². The Kier molecular flexibility index (Phi) is 3.70. The number of nitrogens with one attached hydrogen (secondary N) is 1. The normalized spacial score (nSPS) is 24.5. The molecule has 3 nitrogen and oxygen atoms in total. The van der Waals surface area contributed by atoms with Gasteiger partial charge in [-0.05, 0) is 41.9 Å². The summed E-state index contributed by atoms with van der Waals surface area (Å²) in [5, 5.41) is 12.7. The lowest BCUT2D eigenvalue weighted by Gasteiger charge is -2.39. The fourth-order valence-corrected chi connectivity index (χ4v) is 2.66. The van der Waals surface area contributed by atoms with Crippen LogP contribution in [0.4, 0.5) is 5.69 Å². The van der Waals surface area contributed by atoms with Crippen LogP contribution in [0.2, 0.25) is 0 Å². The van der Waals surface area contributed by atoms with Crippen LogP contribution in [-0.2, 0) is 0 Å². The molecular formula is C13H16BrN3. The van der Waals surface area contributed by atoms with Crippen molar-refractivity contribution in [1.29, 1.82) is 5.26 Å². The number of halogens is 1. The molecule has 2 unspecified atom stereocenters. The third kappa shape index (κ3) is 2.46. The van der Waals surface area contributed by atoms with Crippen LogP contribution in [0.3, 0.4) is 0 Å². The SMILES string of the molecule is CC1CN(c2cccc(Br)c2C#N)C(C)CN1. The number of anilines is 1. The van der Waals surface area contributed by atoms with Crippen molar-refractivity contribution in [2.24, 2.45) is 0 Å². The maximum atomic E-state index is 9.26. The Morgan fingerprint density at radius 2 is 2.24 bits per heavy atom. The van der Waals surface area contributed by atoms with Crippen molar-refractivity contribution in [2.75, 3.05) is 18.0 Å². The summed E-state index contributed by atoms with van der Waals surface area (Å²) in [6, 6.07) is 9.08. The first kappa shape index (κ1) is 12.4. The summed E-state index contributed by atoms with van der Waals surface area (Å²) in [5.74, 6) is 0. The first-order valence-electron chi connectivity index (χ1n) is 5.82. The molecule has 0 saturated carbocycles. The maximum Gasteiger partial charge on any atom is 0.103 e. The second kappa shape index (κ2) is 5.07. The van der Waals surface area contributed by atoms with Gasteiger partial charge in [0.2, 0.25) is 0 Å². The van der Waals surface area contributed by atoms with Gasteiger partial charge in [0.25, 0.3) is 0 Å². The van der Waals surface area contributed by atoms with Gasteiger partial charge in [-0.25, -0.2) is 0 Å². The van der Waals surface area contributed by atoms with Crippen LogP contribution in [0.1, 0.15) is 19.4 Å². The minimum absolute atomic E-state index is 0.410. The highest BCUT2D eigenvalue weighted by atomic mass is 79.9. The number of hydrogen-bond donors (Lipinski definition) is 1. The molecule has 1 aromatic carbocycles. The minimum Gasteiger partial charge on any atom is -0.365 e. The van der Waals surface area contributed by atoms with Crippen molar-refractivity contribution >= 4 is 21.6 Å². The summed E-state index contributed by atoms with van der Waals surface area (Å²) in [4.78, 5) is 2.31. The fraction of sp³-hybridized carbons (Fsp3) is 0.462. The molecule has 0 aromatic heterocycles. The molecule has 1 heterocycles. The highest BCUT2D eigenvalue weighted by Gasteiger charge is 2.24. The Labute approximate surface area is 111 Å². The van der Waals surface area contributed by atoms with E-state index >= 15 is 0 Å². The van der Waals surface area contributed by atoms with Gasteiger partial charge in [0.15, 0.2) is 0 Å². The molecule has 2 atom stereocenters. The van der Waals surface area contributed by atoms with Crippen LogP contribution in [0, 0.1) is 11.3 Å². The Bertz CT molecular complexity index is 452. The van der Waals surface area contributed by atoms with E-state index in [0.29, 0.717) is 12.1 Å². The summed E-state index contributed by atoms with van der Waals surface area (Å²) >= 11 is 3.44. The Morgan fingerprint density at radius 1 is 1.47 bits per heavy atom. The molecular weight excluding hydrogens is 278 g/mol. The molecule has 1 aliphatic heterocycles. The lowest BCUT2D eigenvalue weighted by atomic mass is 10.1. The third-order valence-corrected chi connectivity index (χ3v) is 3.84. The van der Waals surface area contributed by atoms with Crippen molar-refractivity contribution in [3.63, 3.8) is 0 Å². The molecule has 0 radical (unpaired) electrons. The standard InChI is InChI=1S/C13H16BrN3/c1-9-8-17(10(2)7-16-9)13-5-3-4-12(14)11(13)6-15/h3-5,9-10,16H,7-8H2,1-2H3. The van der Waals surface area contributed by atoms with Crippen LogP contribution in [0.15, 0.2) is 22.7 Å². The molecule has 1 aliphatic rings. The van der Waals surface area contributed by atoms with E-state index in [4.69, 9.17) is 0 Å². The van der Waals surface area contributed by atoms with Crippen molar-refractivity contribution < 1.29 is 0 Å². The molecule has 0 amide bonds. The molecule has 1 fully saturated rings. The average Bonchev–Trinajstić information content (AvgIpc) is 2.32. The lowest BCUT2D eigenvalue weighted by molar-refractivity contribution is 0.425. The lowest BCUT2D eigenvalue weighted by Crippen LogP contribution is -2.54. The van der Waals surface area contributed by atoms with Gasteiger partial charge in [0.1, 0.15) is 6.07 Å². The number of benzene rings is 1. The van der Waals surface area contributed by atoms with Gasteiger partial charge in [-0.3, -0.25) is 0 Å². The number of rotatable bonds is 1. The van der Waals surface area contributed by atoms with Gasteiger partial charge in [0.05, 0.1) is 11.3 Å². The number of piperazine rings is 1. The van der Waals surface area contributed by atoms with Crippen molar-refractivity contribution in [3.8, 4) is 6.07 Å². The molecule has 0 spiro atoms. The van der Waals surface area contributed by atoms with Gasteiger partial charge in [-0.15, -0.1) is 0 Å². The quantitative estimate of drug-likeness (QED) is 0.865. The zero-order valence-corrected chi connectivity index (χ0v) is 11.7. The highest BCUT2D eigenvalue weighted by molar-refractivity contribution is 9.10. The molecule has 1 N–H and O–H groups in total. The van der Waals surface area contributed by atoms with Crippen LogP contribution < -0.4 is 10.2 Å². The summed E-state index contributed by atoms with van der Waals surface area (Å²) < 4.78 is 0.871. The zero-order chi connectivity index (χ0) is 12.4. The van der Waals surface area contributed by atoms with Crippen molar-refractivity contribution in [3.05, 3.63) is 28.2 Å². The van der Waals surface area contributed by atoms with Crippen molar-refractivity contribution in [1.82, 2.24) is 5.32 Å². The van der Waals surface area contributed by atoms with Gasteiger partial charge in [-0.1, -0.05) is 6.07 Å². The van der Waals surface area contributed by atoms with Crippen LogP contribution in [0.25, 0.3) is 0 Å².